The van der Waals surface area contributed by atoms with Crippen molar-refractivity contribution in [3.8, 4) is 0 Å². The van der Waals surface area contributed by atoms with Gasteiger partial charge >= 0.3 is 0 Å². The van der Waals surface area contributed by atoms with Gasteiger partial charge in [-0.15, -0.1) is 0 Å². The molecule has 0 aliphatic rings. The molecule has 0 saturated carbocycles. The fourth-order valence-electron chi connectivity index (χ4n) is 2.03. The maximum absolute atomic E-state index is 12.4. The molecule has 0 saturated heterocycles. The number of aromatic nitrogens is 2. The minimum absolute atomic E-state index is 0.184. The molecule has 5 nitrogen and oxygen atoms in total. The van der Waals surface area contributed by atoms with E-state index >= 15 is 0 Å². The van der Waals surface area contributed by atoms with Gasteiger partial charge in [-0.1, -0.05) is 18.2 Å². The van der Waals surface area contributed by atoms with Crippen molar-refractivity contribution >= 4 is 44.2 Å². The lowest BCUT2D eigenvalue weighted by Gasteiger charge is -2.09. The fourth-order valence-corrected chi connectivity index (χ4v) is 2.36. The smallest absolute Gasteiger partial charge is 0.259 e. The first-order chi connectivity index (χ1) is 10.1. The highest BCUT2D eigenvalue weighted by Crippen LogP contribution is 2.22. The van der Waals surface area contributed by atoms with Gasteiger partial charge in [0.25, 0.3) is 5.91 Å². The molecule has 0 spiro atoms. The molecule has 3 aromatic rings. The summed E-state index contributed by atoms with van der Waals surface area (Å²) >= 11 is 3.28. The number of rotatable bonds is 2. The molecule has 104 valence electrons. The van der Waals surface area contributed by atoms with E-state index < -0.39 is 0 Å². The highest BCUT2D eigenvalue weighted by molar-refractivity contribution is 9.10. The molecule has 2 aromatic heterocycles. The molecule has 0 bridgehead atoms. The molecule has 0 unspecified atom stereocenters. The van der Waals surface area contributed by atoms with Crippen LogP contribution in [0.3, 0.4) is 0 Å². The Hall–Kier alpha value is -2.47. The maximum atomic E-state index is 12.4. The summed E-state index contributed by atoms with van der Waals surface area (Å²) in [6.45, 7) is 0. The van der Waals surface area contributed by atoms with Crippen molar-refractivity contribution in [3.63, 3.8) is 0 Å². The number of nitrogen functional groups attached to an aromatic ring is 1. The Morgan fingerprint density at radius 1 is 1.19 bits per heavy atom. The SMILES string of the molecule is Nc1ncc(Br)cc1C(=O)Nc1cccc2cccnc12. The Balaban J connectivity index is 1.99. The Bertz CT molecular complexity index is 830. The Kier molecular flexibility index (Phi) is 3.53. The molecule has 0 fully saturated rings. The summed E-state index contributed by atoms with van der Waals surface area (Å²) in [6.07, 6.45) is 3.23. The molecule has 0 aliphatic heterocycles. The molecule has 21 heavy (non-hydrogen) atoms. The summed E-state index contributed by atoms with van der Waals surface area (Å²) < 4.78 is 0.692. The number of benzene rings is 1. The number of nitrogens with zero attached hydrogens (tertiary/aromatic N) is 2. The standard InChI is InChI=1S/C15H11BrN4O/c16-10-7-11(14(17)19-8-10)15(21)20-12-5-1-3-9-4-2-6-18-13(9)12/h1-8H,(H2,17,19)(H,20,21). The number of hydrogen-bond acceptors (Lipinski definition) is 4. The van der Waals surface area contributed by atoms with E-state index in [-0.39, 0.29) is 11.7 Å². The number of halogens is 1. The molecule has 0 aliphatic carbocycles. The van der Waals surface area contributed by atoms with Gasteiger partial charge in [-0.2, -0.15) is 0 Å². The van der Waals surface area contributed by atoms with Crippen molar-refractivity contribution < 1.29 is 4.79 Å². The molecule has 3 rings (SSSR count). The second kappa shape index (κ2) is 5.49. The molecule has 3 N–H and O–H groups in total. The van der Waals surface area contributed by atoms with Gasteiger partial charge in [0.1, 0.15) is 5.82 Å². The Labute approximate surface area is 129 Å². The van der Waals surface area contributed by atoms with Crippen LogP contribution in [-0.2, 0) is 0 Å². The quantitative estimate of drug-likeness (QED) is 0.749. The number of anilines is 2. The minimum atomic E-state index is -0.320. The van der Waals surface area contributed by atoms with Crippen LogP contribution in [0.15, 0.2) is 53.3 Å². The first-order valence-corrected chi connectivity index (χ1v) is 7.00. The fraction of sp³-hybridized carbons (Fsp3) is 0. The second-order valence-corrected chi connectivity index (χ2v) is 5.34. The van der Waals surface area contributed by atoms with Crippen LogP contribution in [0, 0.1) is 0 Å². The lowest BCUT2D eigenvalue weighted by atomic mass is 10.1. The van der Waals surface area contributed by atoms with Crippen LogP contribution in [0.25, 0.3) is 10.9 Å². The van der Waals surface area contributed by atoms with Crippen LogP contribution in [0.5, 0.6) is 0 Å². The summed E-state index contributed by atoms with van der Waals surface area (Å²) in [7, 11) is 0. The summed E-state index contributed by atoms with van der Waals surface area (Å²) in [4.78, 5) is 20.6. The lowest BCUT2D eigenvalue weighted by Crippen LogP contribution is -2.15. The first kappa shape index (κ1) is 13.5. The third-order valence-corrected chi connectivity index (χ3v) is 3.44. The average molecular weight is 343 g/mol. The molecule has 1 amide bonds. The largest absolute Gasteiger partial charge is 0.383 e. The number of hydrogen-bond donors (Lipinski definition) is 2. The van der Waals surface area contributed by atoms with Crippen molar-refractivity contribution in [1.82, 2.24) is 9.97 Å². The number of fused-ring (bicyclic) bond motifs is 1. The van der Waals surface area contributed by atoms with Gasteiger partial charge in [0, 0.05) is 22.3 Å². The third-order valence-electron chi connectivity index (χ3n) is 3.01. The number of carbonyl (C=O) groups is 1. The second-order valence-electron chi connectivity index (χ2n) is 4.42. The normalized spacial score (nSPS) is 10.5. The summed E-state index contributed by atoms with van der Waals surface area (Å²) in [5.41, 5.74) is 7.43. The van der Waals surface area contributed by atoms with E-state index in [2.05, 4.69) is 31.2 Å². The van der Waals surface area contributed by atoms with Crippen molar-refractivity contribution in [1.29, 1.82) is 0 Å². The van der Waals surface area contributed by atoms with Crippen molar-refractivity contribution in [2.45, 2.75) is 0 Å². The third kappa shape index (κ3) is 2.71. The molecular weight excluding hydrogens is 332 g/mol. The zero-order valence-corrected chi connectivity index (χ0v) is 12.5. The predicted octanol–water partition coefficient (Wildman–Crippen LogP) is 3.23. The molecule has 0 radical (unpaired) electrons. The molecule has 2 heterocycles. The highest BCUT2D eigenvalue weighted by atomic mass is 79.9. The summed E-state index contributed by atoms with van der Waals surface area (Å²) in [6, 6.07) is 11.0. The van der Waals surface area contributed by atoms with Crippen LogP contribution < -0.4 is 11.1 Å². The topological polar surface area (TPSA) is 80.9 Å². The van der Waals surface area contributed by atoms with Gasteiger partial charge in [-0.3, -0.25) is 9.78 Å². The molecule has 1 aromatic carbocycles. The number of carbonyl (C=O) groups excluding carboxylic acids is 1. The lowest BCUT2D eigenvalue weighted by molar-refractivity contribution is 0.102. The average Bonchev–Trinajstić information content (AvgIpc) is 2.50. The van der Waals surface area contributed by atoms with E-state index in [1.807, 2.05) is 24.3 Å². The van der Waals surface area contributed by atoms with E-state index in [9.17, 15) is 4.79 Å². The summed E-state index contributed by atoms with van der Waals surface area (Å²) in [5, 5.41) is 3.78. The van der Waals surface area contributed by atoms with Crippen LogP contribution in [0.1, 0.15) is 10.4 Å². The van der Waals surface area contributed by atoms with Gasteiger partial charge in [0.2, 0.25) is 0 Å². The van der Waals surface area contributed by atoms with Crippen LogP contribution in [0.2, 0.25) is 0 Å². The van der Waals surface area contributed by atoms with Gasteiger partial charge < -0.3 is 11.1 Å². The monoisotopic (exact) mass is 342 g/mol. The van der Waals surface area contributed by atoms with E-state index in [0.717, 1.165) is 10.9 Å². The number of nitrogens with one attached hydrogen (secondary N) is 1. The van der Waals surface area contributed by atoms with Crippen molar-refractivity contribution in [2.24, 2.45) is 0 Å². The van der Waals surface area contributed by atoms with E-state index in [1.54, 1.807) is 24.5 Å². The summed E-state index contributed by atoms with van der Waals surface area (Å²) in [5.74, 6) is -0.136. The van der Waals surface area contributed by atoms with Crippen molar-refractivity contribution in [2.75, 3.05) is 11.1 Å². The zero-order chi connectivity index (χ0) is 14.8. The Morgan fingerprint density at radius 2 is 2.00 bits per heavy atom. The first-order valence-electron chi connectivity index (χ1n) is 6.21. The van der Waals surface area contributed by atoms with Crippen LogP contribution in [-0.4, -0.2) is 15.9 Å². The maximum Gasteiger partial charge on any atom is 0.259 e. The van der Waals surface area contributed by atoms with Gasteiger partial charge in [-0.05, 0) is 34.1 Å². The van der Waals surface area contributed by atoms with Crippen LogP contribution >= 0.6 is 15.9 Å². The van der Waals surface area contributed by atoms with Crippen molar-refractivity contribution in [3.05, 3.63) is 58.8 Å². The van der Waals surface area contributed by atoms with Gasteiger partial charge in [0.15, 0.2) is 0 Å². The number of amides is 1. The van der Waals surface area contributed by atoms with E-state index in [4.69, 9.17) is 5.73 Å². The highest BCUT2D eigenvalue weighted by Gasteiger charge is 2.13. The van der Waals surface area contributed by atoms with E-state index in [1.165, 1.54) is 0 Å². The van der Waals surface area contributed by atoms with Gasteiger partial charge in [-0.25, -0.2) is 4.98 Å². The van der Waals surface area contributed by atoms with E-state index in [0.29, 0.717) is 15.7 Å². The molecule has 6 heteroatoms. The molecule has 0 atom stereocenters. The predicted molar refractivity (Wildman–Crippen MR) is 86.0 cm³/mol. The number of para-hydroxylation sites is 1. The number of pyridine rings is 2. The molecular formula is C15H11BrN4O. The zero-order valence-electron chi connectivity index (χ0n) is 10.9. The number of nitrogens with two attached hydrogens (primary N) is 1. The van der Waals surface area contributed by atoms with Crippen LogP contribution in [0.4, 0.5) is 11.5 Å². The minimum Gasteiger partial charge on any atom is -0.383 e. The Morgan fingerprint density at radius 3 is 2.86 bits per heavy atom. The van der Waals surface area contributed by atoms with Gasteiger partial charge in [0.05, 0.1) is 16.8 Å².